The average Bonchev–Trinajstić information content (AvgIpc) is 2.67. The second-order valence-corrected chi connectivity index (χ2v) is 3.55. The van der Waals surface area contributed by atoms with E-state index >= 15 is 0 Å². The van der Waals surface area contributed by atoms with Crippen LogP contribution in [0.15, 0.2) is 34.8 Å². The molecular formula is C13H12O3. The van der Waals surface area contributed by atoms with Crippen LogP contribution in [-0.2, 0) is 11.2 Å². The summed E-state index contributed by atoms with van der Waals surface area (Å²) in [6, 6.07) is 7.81. The zero-order chi connectivity index (χ0) is 11.5. The molecular weight excluding hydrogens is 204 g/mol. The van der Waals surface area contributed by atoms with E-state index in [4.69, 9.17) is 9.52 Å². The van der Waals surface area contributed by atoms with Crippen LogP contribution in [0, 0.1) is 0 Å². The standard InChI is InChI=1S/C13H12O3/c1-2-9-3-5-12-10(7-9)8-11(16-12)4-6-13(14)15/h3-8H,2H2,1H3,(H,14,15)/b6-4+. The lowest BCUT2D eigenvalue weighted by Gasteiger charge is -1.93. The molecule has 0 spiro atoms. The Morgan fingerprint density at radius 2 is 2.25 bits per heavy atom. The number of hydrogen-bond donors (Lipinski definition) is 1. The number of aliphatic carboxylic acids is 1. The van der Waals surface area contributed by atoms with Gasteiger partial charge in [0.1, 0.15) is 11.3 Å². The predicted octanol–water partition coefficient (Wildman–Crippen LogP) is 3.09. The molecule has 0 atom stereocenters. The molecule has 3 heteroatoms. The molecule has 16 heavy (non-hydrogen) atoms. The summed E-state index contributed by atoms with van der Waals surface area (Å²) in [7, 11) is 0. The molecule has 1 N–H and O–H groups in total. The van der Waals surface area contributed by atoms with E-state index in [1.54, 1.807) is 0 Å². The summed E-state index contributed by atoms with van der Waals surface area (Å²) < 4.78 is 5.47. The molecule has 1 aromatic carbocycles. The number of rotatable bonds is 3. The second-order valence-electron chi connectivity index (χ2n) is 3.55. The molecule has 82 valence electrons. The van der Waals surface area contributed by atoms with Crippen LogP contribution in [0.2, 0.25) is 0 Å². The van der Waals surface area contributed by atoms with Gasteiger partial charge in [-0.3, -0.25) is 0 Å². The average molecular weight is 216 g/mol. The topological polar surface area (TPSA) is 50.4 Å². The molecule has 2 aromatic rings. The van der Waals surface area contributed by atoms with Crippen LogP contribution in [0.1, 0.15) is 18.2 Å². The highest BCUT2D eigenvalue weighted by molar-refractivity contribution is 5.87. The van der Waals surface area contributed by atoms with Gasteiger partial charge in [0, 0.05) is 11.5 Å². The Morgan fingerprint density at radius 1 is 1.44 bits per heavy atom. The third kappa shape index (κ3) is 2.14. The van der Waals surface area contributed by atoms with Gasteiger partial charge < -0.3 is 9.52 Å². The van der Waals surface area contributed by atoms with E-state index in [0.717, 1.165) is 23.5 Å². The number of carboxylic acid groups (broad SMARTS) is 1. The van der Waals surface area contributed by atoms with Gasteiger partial charge in [-0.05, 0) is 36.3 Å². The van der Waals surface area contributed by atoms with Crippen molar-refractivity contribution in [3.8, 4) is 0 Å². The molecule has 0 fully saturated rings. The highest BCUT2D eigenvalue weighted by Crippen LogP contribution is 2.21. The van der Waals surface area contributed by atoms with Crippen molar-refractivity contribution in [3.63, 3.8) is 0 Å². The monoisotopic (exact) mass is 216 g/mol. The summed E-state index contributed by atoms with van der Waals surface area (Å²) >= 11 is 0. The highest BCUT2D eigenvalue weighted by atomic mass is 16.4. The van der Waals surface area contributed by atoms with Gasteiger partial charge in [0.2, 0.25) is 0 Å². The molecule has 0 aliphatic heterocycles. The minimum Gasteiger partial charge on any atom is -0.478 e. The molecule has 1 aromatic heterocycles. The first-order valence-electron chi connectivity index (χ1n) is 5.12. The van der Waals surface area contributed by atoms with Gasteiger partial charge in [0.15, 0.2) is 0 Å². The van der Waals surface area contributed by atoms with Gasteiger partial charge in [-0.1, -0.05) is 13.0 Å². The lowest BCUT2D eigenvalue weighted by atomic mass is 10.1. The maximum Gasteiger partial charge on any atom is 0.328 e. The van der Waals surface area contributed by atoms with Crippen LogP contribution in [0.5, 0.6) is 0 Å². The van der Waals surface area contributed by atoms with Gasteiger partial charge in [0.05, 0.1) is 0 Å². The predicted molar refractivity (Wildman–Crippen MR) is 62.3 cm³/mol. The molecule has 3 nitrogen and oxygen atoms in total. The SMILES string of the molecule is CCc1ccc2oc(/C=C/C(=O)O)cc2c1. The lowest BCUT2D eigenvalue weighted by molar-refractivity contribution is -0.131. The van der Waals surface area contributed by atoms with Gasteiger partial charge in [-0.25, -0.2) is 4.79 Å². The second kappa shape index (κ2) is 4.23. The van der Waals surface area contributed by atoms with E-state index in [1.165, 1.54) is 11.6 Å². The van der Waals surface area contributed by atoms with E-state index in [1.807, 2.05) is 18.2 Å². The van der Waals surface area contributed by atoms with E-state index in [-0.39, 0.29) is 0 Å². The summed E-state index contributed by atoms with van der Waals surface area (Å²) in [4.78, 5) is 10.4. The Kier molecular flexibility index (Phi) is 2.77. The van der Waals surface area contributed by atoms with Crippen LogP contribution in [0.25, 0.3) is 17.0 Å². The van der Waals surface area contributed by atoms with Gasteiger partial charge in [-0.2, -0.15) is 0 Å². The van der Waals surface area contributed by atoms with E-state index in [9.17, 15) is 4.79 Å². The normalized spacial score (nSPS) is 11.3. The number of benzene rings is 1. The number of furan rings is 1. The van der Waals surface area contributed by atoms with Crippen molar-refractivity contribution >= 4 is 23.0 Å². The van der Waals surface area contributed by atoms with Crippen molar-refractivity contribution in [2.75, 3.05) is 0 Å². The molecule has 0 radical (unpaired) electrons. The molecule has 2 rings (SSSR count). The summed E-state index contributed by atoms with van der Waals surface area (Å²) in [5.74, 6) is -0.416. The Hall–Kier alpha value is -2.03. The summed E-state index contributed by atoms with van der Waals surface area (Å²) in [5.41, 5.74) is 2.02. The first kappa shape index (κ1) is 10.5. The van der Waals surface area contributed by atoms with Crippen molar-refractivity contribution < 1.29 is 14.3 Å². The van der Waals surface area contributed by atoms with E-state index in [2.05, 4.69) is 13.0 Å². The minimum absolute atomic E-state index is 0.561. The number of fused-ring (bicyclic) bond motifs is 1. The van der Waals surface area contributed by atoms with Crippen molar-refractivity contribution in [2.24, 2.45) is 0 Å². The van der Waals surface area contributed by atoms with Gasteiger partial charge in [0.25, 0.3) is 0 Å². The smallest absolute Gasteiger partial charge is 0.328 e. The van der Waals surface area contributed by atoms with Gasteiger partial charge >= 0.3 is 5.97 Å². The third-order valence-electron chi connectivity index (χ3n) is 2.40. The molecule has 0 amide bonds. The first-order chi connectivity index (χ1) is 7.69. The Labute approximate surface area is 93.0 Å². The van der Waals surface area contributed by atoms with Crippen molar-refractivity contribution in [1.29, 1.82) is 0 Å². The zero-order valence-electron chi connectivity index (χ0n) is 8.93. The summed E-state index contributed by atoms with van der Waals surface area (Å²) in [6.45, 7) is 2.09. The van der Waals surface area contributed by atoms with E-state index in [0.29, 0.717) is 5.76 Å². The van der Waals surface area contributed by atoms with Crippen LogP contribution in [-0.4, -0.2) is 11.1 Å². The Bertz CT molecular complexity index is 549. The highest BCUT2D eigenvalue weighted by Gasteiger charge is 2.02. The summed E-state index contributed by atoms with van der Waals surface area (Å²) in [6.07, 6.45) is 3.49. The fraction of sp³-hybridized carbons (Fsp3) is 0.154. The number of aryl methyl sites for hydroxylation is 1. The fourth-order valence-electron chi connectivity index (χ4n) is 1.57. The largest absolute Gasteiger partial charge is 0.478 e. The molecule has 0 aliphatic rings. The molecule has 0 unspecified atom stereocenters. The summed E-state index contributed by atoms with van der Waals surface area (Å²) in [5, 5.41) is 9.51. The zero-order valence-corrected chi connectivity index (χ0v) is 8.93. The number of carboxylic acids is 1. The van der Waals surface area contributed by atoms with Gasteiger partial charge in [-0.15, -0.1) is 0 Å². The van der Waals surface area contributed by atoms with Crippen LogP contribution in [0.4, 0.5) is 0 Å². The lowest BCUT2D eigenvalue weighted by Crippen LogP contribution is -1.84. The van der Waals surface area contributed by atoms with Crippen molar-refractivity contribution in [2.45, 2.75) is 13.3 Å². The number of hydrogen-bond acceptors (Lipinski definition) is 2. The number of carbonyl (C=O) groups is 1. The maximum atomic E-state index is 10.4. The Morgan fingerprint density at radius 3 is 2.94 bits per heavy atom. The first-order valence-corrected chi connectivity index (χ1v) is 5.12. The molecule has 1 heterocycles. The molecule has 0 saturated carbocycles. The Balaban J connectivity index is 2.40. The molecule has 0 bridgehead atoms. The van der Waals surface area contributed by atoms with Crippen LogP contribution < -0.4 is 0 Å². The third-order valence-corrected chi connectivity index (χ3v) is 2.40. The maximum absolute atomic E-state index is 10.4. The quantitative estimate of drug-likeness (QED) is 0.802. The van der Waals surface area contributed by atoms with Crippen molar-refractivity contribution in [3.05, 3.63) is 41.7 Å². The molecule has 0 aliphatic carbocycles. The van der Waals surface area contributed by atoms with Crippen LogP contribution >= 0.6 is 0 Å². The molecule has 0 saturated heterocycles. The van der Waals surface area contributed by atoms with Crippen LogP contribution in [0.3, 0.4) is 0 Å². The minimum atomic E-state index is -0.977. The van der Waals surface area contributed by atoms with E-state index < -0.39 is 5.97 Å². The fourth-order valence-corrected chi connectivity index (χ4v) is 1.57. The van der Waals surface area contributed by atoms with Crippen molar-refractivity contribution in [1.82, 2.24) is 0 Å².